The standard InChI is InChI=1S/C20H15ClN2O4/c21-15-6-2-1-5-14(15)16-10-9-13(26-16)11-22-23-20(24)19-12-25-17-7-3-4-8-18(17)27-19/h1-11,19H,12H2,(H,23,24)/b22-11-/t19-/m1/s1. The Morgan fingerprint density at radius 3 is 2.70 bits per heavy atom. The number of benzene rings is 2. The second-order valence-corrected chi connectivity index (χ2v) is 6.19. The summed E-state index contributed by atoms with van der Waals surface area (Å²) in [6, 6.07) is 18.1. The summed E-state index contributed by atoms with van der Waals surface area (Å²) in [5.41, 5.74) is 3.22. The second-order valence-electron chi connectivity index (χ2n) is 5.78. The number of carbonyl (C=O) groups is 1. The Labute approximate surface area is 160 Å². The SMILES string of the molecule is O=C(N/N=C\c1ccc(-c2ccccc2Cl)o1)[C@H]1COc2ccccc2O1. The van der Waals surface area contributed by atoms with E-state index in [0.717, 1.165) is 5.56 Å². The lowest BCUT2D eigenvalue weighted by atomic mass is 10.2. The van der Waals surface area contributed by atoms with E-state index >= 15 is 0 Å². The molecular weight excluding hydrogens is 368 g/mol. The van der Waals surface area contributed by atoms with Crippen LogP contribution in [0.3, 0.4) is 0 Å². The van der Waals surface area contributed by atoms with Crippen molar-refractivity contribution in [3.8, 4) is 22.8 Å². The zero-order chi connectivity index (χ0) is 18.6. The number of amides is 1. The number of nitrogens with one attached hydrogen (secondary N) is 1. The monoisotopic (exact) mass is 382 g/mol. The minimum atomic E-state index is -0.771. The van der Waals surface area contributed by atoms with Crippen molar-refractivity contribution in [2.75, 3.05) is 6.61 Å². The largest absolute Gasteiger partial charge is 0.485 e. The van der Waals surface area contributed by atoms with Gasteiger partial charge >= 0.3 is 0 Å². The molecule has 2 aromatic carbocycles. The van der Waals surface area contributed by atoms with Gasteiger partial charge in [-0.05, 0) is 36.4 Å². The minimum absolute atomic E-state index is 0.121. The van der Waals surface area contributed by atoms with Crippen molar-refractivity contribution in [1.82, 2.24) is 5.43 Å². The van der Waals surface area contributed by atoms with E-state index in [1.54, 1.807) is 30.3 Å². The Hall–Kier alpha value is -3.25. The number of nitrogens with zero attached hydrogens (tertiary/aromatic N) is 1. The molecule has 2 heterocycles. The molecule has 1 aromatic heterocycles. The van der Waals surface area contributed by atoms with Crippen LogP contribution >= 0.6 is 11.6 Å². The first kappa shape index (κ1) is 17.2. The predicted molar refractivity (Wildman–Crippen MR) is 101 cm³/mol. The molecule has 1 atom stereocenters. The number of hydrogen-bond donors (Lipinski definition) is 1. The van der Waals surface area contributed by atoms with Gasteiger partial charge in [-0.1, -0.05) is 35.9 Å². The van der Waals surface area contributed by atoms with Crippen molar-refractivity contribution in [3.05, 3.63) is 71.4 Å². The van der Waals surface area contributed by atoms with E-state index in [0.29, 0.717) is 28.0 Å². The Bertz CT molecular complexity index is 999. The molecule has 0 unspecified atom stereocenters. The Kier molecular flexibility index (Phi) is 4.80. The summed E-state index contributed by atoms with van der Waals surface area (Å²) in [6.45, 7) is 0.121. The molecule has 0 spiro atoms. The zero-order valence-corrected chi connectivity index (χ0v) is 14.8. The molecule has 1 aliphatic rings. The van der Waals surface area contributed by atoms with Crippen molar-refractivity contribution < 1.29 is 18.7 Å². The van der Waals surface area contributed by atoms with Crippen LogP contribution in [0.15, 0.2) is 70.2 Å². The Balaban J connectivity index is 1.37. The molecule has 136 valence electrons. The van der Waals surface area contributed by atoms with Gasteiger partial charge in [0.25, 0.3) is 5.91 Å². The Morgan fingerprint density at radius 1 is 1.07 bits per heavy atom. The molecule has 7 heteroatoms. The lowest BCUT2D eigenvalue weighted by molar-refractivity contribution is -0.130. The van der Waals surface area contributed by atoms with Crippen LogP contribution in [0.5, 0.6) is 11.5 Å². The maximum Gasteiger partial charge on any atom is 0.284 e. The van der Waals surface area contributed by atoms with Gasteiger partial charge < -0.3 is 13.9 Å². The Morgan fingerprint density at radius 2 is 1.85 bits per heavy atom. The third-order valence-electron chi connectivity index (χ3n) is 3.93. The number of rotatable bonds is 4. The van der Waals surface area contributed by atoms with Crippen molar-refractivity contribution >= 4 is 23.7 Å². The normalized spacial score (nSPS) is 15.7. The van der Waals surface area contributed by atoms with E-state index in [1.165, 1.54) is 6.21 Å². The topological polar surface area (TPSA) is 73.1 Å². The number of fused-ring (bicyclic) bond motifs is 1. The zero-order valence-electron chi connectivity index (χ0n) is 14.1. The summed E-state index contributed by atoms with van der Waals surface area (Å²) in [4.78, 5) is 12.2. The van der Waals surface area contributed by atoms with Gasteiger partial charge in [-0.25, -0.2) is 5.43 Å². The smallest absolute Gasteiger partial charge is 0.284 e. The number of para-hydroxylation sites is 2. The minimum Gasteiger partial charge on any atom is -0.485 e. The second kappa shape index (κ2) is 7.55. The average molecular weight is 383 g/mol. The third-order valence-corrected chi connectivity index (χ3v) is 4.26. The van der Waals surface area contributed by atoms with Crippen molar-refractivity contribution in [2.45, 2.75) is 6.10 Å². The van der Waals surface area contributed by atoms with Crippen LogP contribution in [0.4, 0.5) is 0 Å². The molecule has 1 aliphatic heterocycles. The van der Waals surface area contributed by atoms with Gasteiger partial charge in [0.2, 0.25) is 6.10 Å². The fraction of sp³-hybridized carbons (Fsp3) is 0.100. The number of halogens is 1. The summed E-state index contributed by atoms with van der Waals surface area (Å²) in [7, 11) is 0. The van der Waals surface area contributed by atoms with Crippen LogP contribution in [0.25, 0.3) is 11.3 Å². The van der Waals surface area contributed by atoms with Gasteiger partial charge in [0.1, 0.15) is 18.1 Å². The van der Waals surface area contributed by atoms with Gasteiger partial charge in [0.05, 0.1) is 11.2 Å². The highest BCUT2D eigenvalue weighted by Gasteiger charge is 2.27. The number of carbonyl (C=O) groups excluding carboxylic acids is 1. The molecule has 27 heavy (non-hydrogen) atoms. The molecule has 1 amide bonds. The molecule has 0 aliphatic carbocycles. The molecule has 0 saturated heterocycles. The van der Waals surface area contributed by atoms with Crippen molar-refractivity contribution in [1.29, 1.82) is 0 Å². The molecular formula is C20H15ClN2O4. The number of ether oxygens (including phenoxy) is 2. The maximum absolute atomic E-state index is 12.2. The summed E-state index contributed by atoms with van der Waals surface area (Å²) in [6.07, 6.45) is 0.642. The quantitative estimate of drug-likeness (QED) is 0.548. The molecule has 1 N–H and O–H groups in total. The first-order chi connectivity index (χ1) is 13.2. The van der Waals surface area contributed by atoms with Crippen LogP contribution in [0.2, 0.25) is 5.02 Å². The first-order valence-corrected chi connectivity index (χ1v) is 8.64. The van der Waals surface area contributed by atoms with Gasteiger partial charge in [-0.15, -0.1) is 0 Å². The van der Waals surface area contributed by atoms with E-state index in [2.05, 4.69) is 10.5 Å². The third kappa shape index (κ3) is 3.80. The molecule has 3 aromatic rings. The molecule has 0 saturated carbocycles. The summed E-state index contributed by atoms with van der Waals surface area (Å²) in [5, 5.41) is 4.51. The molecule has 6 nitrogen and oxygen atoms in total. The molecule has 0 fully saturated rings. The summed E-state index contributed by atoms with van der Waals surface area (Å²) >= 11 is 6.16. The van der Waals surface area contributed by atoms with Crippen molar-refractivity contribution in [3.63, 3.8) is 0 Å². The van der Waals surface area contributed by atoms with E-state index in [1.807, 2.05) is 30.3 Å². The van der Waals surface area contributed by atoms with Crippen LogP contribution in [-0.2, 0) is 4.79 Å². The molecule has 4 rings (SSSR count). The molecule has 0 radical (unpaired) electrons. The number of furan rings is 1. The fourth-order valence-corrected chi connectivity index (χ4v) is 2.84. The van der Waals surface area contributed by atoms with Crippen LogP contribution < -0.4 is 14.9 Å². The van der Waals surface area contributed by atoms with E-state index < -0.39 is 12.0 Å². The van der Waals surface area contributed by atoms with E-state index in [9.17, 15) is 4.79 Å². The summed E-state index contributed by atoms with van der Waals surface area (Å²) in [5.74, 6) is 1.85. The summed E-state index contributed by atoms with van der Waals surface area (Å²) < 4.78 is 16.8. The fourth-order valence-electron chi connectivity index (χ4n) is 2.61. The highest BCUT2D eigenvalue weighted by molar-refractivity contribution is 6.33. The van der Waals surface area contributed by atoms with Gasteiger partial charge in [-0.3, -0.25) is 4.79 Å². The predicted octanol–water partition coefficient (Wildman–Crippen LogP) is 3.89. The van der Waals surface area contributed by atoms with Gasteiger partial charge in [0.15, 0.2) is 11.5 Å². The maximum atomic E-state index is 12.2. The highest BCUT2D eigenvalue weighted by atomic mass is 35.5. The lowest BCUT2D eigenvalue weighted by Gasteiger charge is -2.24. The first-order valence-electron chi connectivity index (χ1n) is 8.27. The van der Waals surface area contributed by atoms with Crippen LogP contribution in [0.1, 0.15) is 5.76 Å². The van der Waals surface area contributed by atoms with E-state index in [-0.39, 0.29) is 6.61 Å². The van der Waals surface area contributed by atoms with Crippen molar-refractivity contribution in [2.24, 2.45) is 5.10 Å². The highest BCUT2D eigenvalue weighted by Crippen LogP contribution is 2.31. The average Bonchev–Trinajstić information content (AvgIpc) is 3.16. The van der Waals surface area contributed by atoms with Crippen LogP contribution in [0, 0.1) is 0 Å². The van der Waals surface area contributed by atoms with Gasteiger partial charge in [-0.2, -0.15) is 5.10 Å². The van der Waals surface area contributed by atoms with Crippen LogP contribution in [-0.4, -0.2) is 24.8 Å². The lowest BCUT2D eigenvalue weighted by Crippen LogP contribution is -2.42. The molecule has 0 bridgehead atoms. The number of hydrazone groups is 1. The van der Waals surface area contributed by atoms with Gasteiger partial charge in [0, 0.05) is 5.56 Å². The number of hydrogen-bond acceptors (Lipinski definition) is 5. The van der Waals surface area contributed by atoms with E-state index in [4.69, 9.17) is 25.5 Å².